The van der Waals surface area contributed by atoms with E-state index in [4.69, 9.17) is 5.73 Å². The van der Waals surface area contributed by atoms with Crippen molar-refractivity contribution in [3.63, 3.8) is 0 Å². The van der Waals surface area contributed by atoms with Crippen LogP contribution < -0.4 is 11.1 Å². The normalized spacial score (nSPS) is 17.3. The van der Waals surface area contributed by atoms with Gasteiger partial charge in [0.25, 0.3) is 5.91 Å². The van der Waals surface area contributed by atoms with Crippen LogP contribution >= 0.6 is 0 Å². The molecule has 1 aromatic heterocycles. The minimum absolute atomic E-state index is 0.0992. The Balaban J connectivity index is 1.80. The predicted octanol–water partition coefficient (Wildman–Crippen LogP) is 1.13. The molecule has 104 valence electrons. The molecule has 2 heterocycles. The number of anilines is 1. The second-order valence-corrected chi connectivity index (χ2v) is 5.05. The van der Waals surface area contributed by atoms with E-state index in [1.807, 2.05) is 0 Å². The second-order valence-electron chi connectivity index (χ2n) is 5.05. The number of aromatic nitrogens is 1. The number of hydrogen-bond acceptors (Lipinski definition) is 4. The maximum Gasteiger partial charge on any atom is 0.253 e. The summed E-state index contributed by atoms with van der Waals surface area (Å²) in [5.41, 5.74) is 6.68. The van der Waals surface area contributed by atoms with Crippen molar-refractivity contribution in [3.05, 3.63) is 24.0 Å². The molecular formula is C14H22N4O. The molecule has 0 bridgehead atoms. The molecule has 1 aromatic rings. The SMILES string of the molecule is CCN1CCC(CNC(=O)c2ccncc2N)CC1. The standard InChI is InChI=1S/C14H22N4O/c1-2-18-7-4-11(5-8-18)9-17-14(19)12-3-6-16-10-13(12)15/h3,6,10-11H,2,4-5,7-9,15H2,1H3,(H,17,19). The lowest BCUT2D eigenvalue weighted by molar-refractivity contribution is 0.0937. The quantitative estimate of drug-likeness (QED) is 0.853. The Hall–Kier alpha value is -1.62. The summed E-state index contributed by atoms with van der Waals surface area (Å²) in [4.78, 5) is 18.3. The first-order chi connectivity index (χ1) is 9.20. The molecule has 0 spiro atoms. The fraction of sp³-hybridized carbons (Fsp3) is 0.571. The van der Waals surface area contributed by atoms with Crippen molar-refractivity contribution in [1.29, 1.82) is 0 Å². The van der Waals surface area contributed by atoms with Gasteiger partial charge in [-0.05, 0) is 44.5 Å². The van der Waals surface area contributed by atoms with Crippen molar-refractivity contribution in [2.24, 2.45) is 5.92 Å². The number of hydrogen-bond donors (Lipinski definition) is 2. The van der Waals surface area contributed by atoms with Crippen LogP contribution in [0, 0.1) is 5.92 Å². The van der Waals surface area contributed by atoms with Crippen LogP contribution in [0.2, 0.25) is 0 Å². The van der Waals surface area contributed by atoms with Crippen molar-refractivity contribution in [2.45, 2.75) is 19.8 Å². The van der Waals surface area contributed by atoms with Gasteiger partial charge < -0.3 is 16.0 Å². The highest BCUT2D eigenvalue weighted by Crippen LogP contribution is 2.16. The van der Waals surface area contributed by atoms with Gasteiger partial charge in [0, 0.05) is 12.7 Å². The van der Waals surface area contributed by atoms with Crippen molar-refractivity contribution in [1.82, 2.24) is 15.2 Å². The number of nitrogens with zero attached hydrogens (tertiary/aromatic N) is 2. The van der Waals surface area contributed by atoms with E-state index in [-0.39, 0.29) is 5.91 Å². The Kier molecular flexibility index (Phi) is 4.74. The Morgan fingerprint density at radius 1 is 1.53 bits per heavy atom. The summed E-state index contributed by atoms with van der Waals surface area (Å²) in [6.45, 7) is 6.31. The minimum Gasteiger partial charge on any atom is -0.397 e. The molecule has 1 amide bonds. The second kappa shape index (κ2) is 6.52. The van der Waals surface area contributed by atoms with Gasteiger partial charge in [-0.25, -0.2) is 0 Å². The lowest BCUT2D eigenvalue weighted by Gasteiger charge is -2.31. The number of carbonyl (C=O) groups excluding carboxylic acids is 1. The van der Waals surface area contributed by atoms with Crippen molar-refractivity contribution in [3.8, 4) is 0 Å². The number of pyridine rings is 1. The molecule has 0 radical (unpaired) electrons. The molecule has 0 unspecified atom stereocenters. The van der Waals surface area contributed by atoms with Crippen molar-refractivity contribution < 1.29 is 4.79 Å². The first-order valence-corrected chi connectivity index (χ1v) is 6.90. The third-order valence-electron chi connectivity index (χ3n) is 3.80. The van der Waals surface area contributed by atoms with E-state index >= 15 is 0 Å². The molecule has 5 heteroatoms. The molecule has 1 fully saturated rings. The van der Waals surface area contributed by atoms with E-state index in [0.29, 0.717) is 17.2 Å². The molecule has 1 aliphatic rings. The predicted molar refractivity (Wildman–Crippen MR) is 75.8 cm³/mol. The topological polar surface area (TPSA) is 71.2 Å². The molecule has 0 aromatic carbocycles. The third-order valence-corrected chi connectivity index (χ3v) is 3.80. The van der Waals surface area contributed by atoms with Crippen LogP contribution in [0.1, 0.15) is 30.1 Å². The maximum atomic E-state index is 12.0. The molecule has 2 rings (SSSR count). The summed E-state index contributed by atoms with van der Waals surface area (Å²) < 4.78 is 0. The fourth-order valence-electron chi connectivity index (χ4n) is 2.45. The van der Waals surface area contributed by atoms with Gasteiger partial charge >= 0.3 is 0 Å². The molecular weight excluding hydrogens is 240 g/mol. The van der Waals surface area contributed by atoms with Crippen molar-refractivity contribution in [2.75, 3.05) is 31.9 Å². The number of likely N-dealkylation sites (tertiary alicyclic amines) is 1. The molecule has 1 saturated heterocycles. The van der Waals surface area contributed by atoms with Crippen molar-refractivity contribution >= 4 is 11.6 Å². The van der Waals surface area contributed by atoms with Gasteiger partial charge in [-0.1, -0.05) is 6.92 Å². The van der Waals surface area contributed by atoms with Crippen LogP contribution in [0.15, 0.2) is 18.5 Å². The number of amides is 1. The van der Waals surface area contributed by atoms with Gasteiger partial charge in [0.1, 0.15) is 0 Å². The number of rotatable bonds is 4. The summed E-state index contributed by atoms with van der Waals surface area (Å²) in [6.07, 6.45) is 5.40. The van der Waals surface area contributed by atoms with E-state index in [1.54, 1.807) is 12.3 Å². The van der Waals surface area contributed by atoms with Crippen LogP contribution in [-0.2, 0) is 0 Å². The monoisotopic (exact) mass is 262 g/mol. The maximum absolute atomic E-state index is 12.0. The molecule has 0 saturated carbocycles. The Bertz CT molecular complexity index is 427. The lowest BCUT2D eigenvalue weighted by atomic mass is 9.97. The van der Waals surface area contributed by atoms with E-state index in [0.717, 1.165) is 39.0 Å². The lowest BCUT2D eigenvalue weighted by Crippen LogP contribution is -2.38. The highest BCUT2D eigenvalue weighted by molar-refractivity contribution is 5.98. The molecule has 0 aliphatic carbocycles. The zero-order chi connectivity index (χ0) is 13.7. The number of nitrogens with one attached hydrogen (secondary N) is 1. The van der Waals surface area contributed by atoms with Gasteiger partial charge in [-0.2, -0.15) is 0 Å². The van der Waals surface area contributed by atoms with Gasteiger partial charge in [0.2, 0.25) is 0 Å². The van der Waals surface area contributed by atoms with Gasteiger partial charge in [0.15, 0.2) is 0 Å². The molecule has 19 heavy (non-hydrogen) atoms. The van der Waals surface area contributed by atoms with Crippen LogP contribution in [0.3, 0.4) is 0 Å². The Morgan fingerprint density at radius 3 is 2.89 bits per heavy atom. The molecule has 0 atom stereocenters. The summed E-state index contributed by atoms with van der Waals surface area (Å²) in [7, 11) is 0. The largest absolute Gasteiger partial charge is 0.397 e. The highest BCUT2D eigenvalue weighted by Gasteiger charge is 2.19. The average molecular weight is 262 g/mol. The summed E-state index contributed by atoms with van der Waals surface area (Å²) in [6, 6.07) is 1.66. The number of nitrogens with two attached hydrogens (primary N) is 1. The van der Waals surface area contributed by atoms with Gasteiger partial charge in [-0.3, -0.25) is 9.78 Å². The molecule has 1 aliphatic heterocycles. The minimum atomic E-state index is -0.0992. The van der Waals surface area contributed by atoms with E-state index in [9.17, 15) is 4.79 Å². The van der Waals surface area contributed by atoms with Gasteiger partial charge in [-0.15, -0.1) is 0 Å². The van der Waals surface area contributed by atoms with Crippen LogP contribution in [0.4, 0.5) is 5.69 Å². The summed E-state index contributed by atoms with van der Waals surface area (Å²) in [5.74, 6) is 0.479. The number of piperidine rings is 1. The first-order valence-electron chi connectivity index (χ1n) is 6.90. The van der Waals surface area contributed by atoms with E-state index in [2.05, 4.69) is 22.1 Å². The van der Waals surface area contributed by atoms with Crippen LogP contribution in [-0.4, -0.2) is 42.0 Å². The summed E-state index contributed by atoms with van der Waals surface area (Å²) >= 11 is 0. The third kappa shape index (κ3) is 3.67. The zero-order valence-electron chi connectivity index (χ0n) is 11.4. The zero-order valence-corrected chi connectivity index (χ0v) is 11.4. The Morgan fingerprint density at radius 2 is 2.26 bits per heavy atom. The fourth-order valence-corrected chi connectivity index (χ4v) is 2.45. The van der Waals surface area contributed by atoms with Crippen LogP contribution in [0.25, 0.3) is 0 Å². The average Bonchev–Trinajstić information content (AvgIpc) is 2.46. The number of nitrogen functional groups attached to an aromatic ring is 1. The number of carbonyl (C=O) groups is 1. The summed E-state index contributed by atoms with van der Waals surface area (Å²) in [5, 5.41) is 2.98. The molecule has 5 nitrogen and oxygen atoms in total. The van der Waals surface area contributed by atoms with E-state index < -0.39 is 0 Å². The first kappa shape index (κ1) is 13.8. The van der Waals surface area contributed by atoms with Crippen LogP contribution in [0.5, 0.6) is 0 Å². The Labute approximate surface area is 114 Å². The highest BCUT2D eigenvalue weighted by atomic mass is 16.1. The van der Waals surface area contributed by atoms with Gasteiger partial charge in [0.05, 0.1) is 17.4 Å². The molecule has 3 N–H and O–H groups in total. The smallest absolute Gasteiger partial charge is 0.253 e. The van der Waals surface area contributed by atoms with E-state index in [1.165, 1.54) is 6.20 Å².